The van der Waals surface area contributed by atoms with E-state index in [-0.39, 0.29) is 11.5 Å². The van der Waals surface area contributed by atoms with E-state index in [1.165, 1.54) is 56.9 Å². The summed E-state index contributed by atoms with van der Waals surface area (Å²) < 4.78 is 4.64. The van der Waals surface area contributed by atoms with E-state index in [2.05, 4.69) is 57.1 Å². The molecule has 6 nitrogen and oxygen atoms in total. The first-order valence-electron chi connectivity index (χ1n) is 14.9. The molecule has 1 atom stereocenters. The van der Waals surface area contributed by atoms with Crippen molar-refractivity contribution in [1.82, 2.24) is 24.3 Å². The second kappa shape index (κ2) is 13.6. The maximum Gasteiger partial charge on any atom is 0.279 e. The van der Waals surface area contributed by atoms with E-state index in [9.17, 15) is 4.79 Å². The maximum absolute atomic E-state index is 13.3. The summed E-state index contributed by atoms with van der Waals surface area (Å²) >= 11 is 3.65. The monoisotopic (exact) mass is 593 g/mol. The Kier molecular flexibility index (Phi) is 10.2. The molecule has 3 aromatic heterocycles. The molecule has 0 saturated heterocycles. The topological polar surface area (TPSA) is 68.5 Å². The highest BCUT2D eigenvalue weighted by atomic mass is 79.9. The maximum atomic E-state index is 13.3. The predicted molar refractivity (Wildman–Crippen MR) is 165 cm³/mol. The van der Waals surface area contributed by atoms with E-state index in [4.69, 9.17) is 0 Å². The summed E-state index contributed by atoms with van der Waals surface area (Å²) in [5.41, 5.74) is 3.69. The number of nitrogens with zero attached hydrogens (tertiary/aromatic N) is 4. The third-order valence-electron chi connectivity index (χ3n) is 8.26. The number of pyridine rings is 1. The molecule has 4 aromatic rings. The normalized spacial score (nSPS) is 15.9. The lowest BCUT2D eigenvalue weighted by Gasteiger charge is -2.33. The summed E-state index contributed by atoms with van der Waals surface area (Å²) in [5.74, 6) is 2.86. The van der Waals surface area contributed by atoms with Crippen molar-refractivity contribution >= 4 is 26.8 Å². The molecule has 2 saturated carbocycles. The number of rotatable bonds is 7. The van der Waals surface area contributed by atoms with Crippen LogP contribution in [0.4, 0.5) is 0 Å². The summed E-state index contributed by atoms with van der Waals surface area (Å²) in [7, 11) is 2.00. The average molecular weight is 595 g/mol. The molecule has 0 radical (unpaired) electrons. The van der Waals surface area contributed by atoms with Crippen LogP contribution in [0.25, 0.3) is 16.6 Å². The van der Waals surface area contributed by atoms with Gasteiger partial charge < -0.3 is 9.55 Å². The third-order valence-corrected chi connectivity index (χ3v) is 8.89. The smallest absolute Gasteiger partial charge is 0.279 e. The van der Waals surface area contributed by atoms with E-state index in [0.29, 0.717) is 11.4 Å². The van der Waals surface area contributed by atoms with Crippen molar-refractivity contribution in [1.29, 1.82) is 0 Å². The molecule has 0 aliphatic heterocycles. The molecule has 2 aliphatic rings. The van der Waals surface area contributed by atoms with Crippen molar-refractivity contribution < 1.29 is 0 Å². The highest BCUT2D eigenvalue weighted by Gasteiger charge is 2.33. The molecule has 2 fully saturated rings. The molecule has 0 spiro atoms. The van der Waals surface area contributed by atoms with E-state index < -0.39 is 0 Å². The van der Waals surface area contributed by atoms with Crippen molar-refractivity contribution in [2.24, 2.45) is 18.9 Å². The van der Waals surface area contributed by atoms with Gasteiger partial charge >= 0.3 is 0 Å². The zero-order valence-electron chi connectivity index (χ0n) is 24.2. The number of aromatic amines is 1. The number of fused-ring (bicyclic) bond motifs is 1. The van der Waals surface area contributed by atoms with Crippen molar-refractivity contribution in [2.75, 3.05) is 0 Å². The largest absolute Gasteiger partial charge is 0.354 e. The zero-order chi connectivity index (χ0) is 27.9. The summed E-state index contributed by atoms with van der Waals surface area (Å²) in [6, 6.07) is 10.3. The summed E-state index contributed by atoms with van der Waals surface area (Å²) in [5, 5.41) is 9.45. The van der Waals surface area contributed by atoms with Gasteiger partial charge in [0.1, 0.15) is 17.7 Å². The molecular formula is C32H44BrN5O. The molecule has 0 amide bonds. The Labute approximate surface area is 241 Å². The zero-order valence-corrected chi connectivity index (χ0v) is 25.8. The molecule has 3 heterocycles. The molecule has 2 aliphatic carbocycles. The predicted octanol–water partition coefficient (Wildman–Crippen LogP) is 8.32. The number of aromatic nitrogens is 5. The first kappa shape index (κ1) is 29.3. The van der Waals surface area contributed by atoms with Crippen LogP contribution in [0.15, 0.2) is 52.1 Å². The minimum Gasteiger partial charge on any atom is -0.354 e. The van der Waals surface area contributed by atoms with Gasteiger partial charge in [-0.1, -0.05) is 78.4 Å². The van der Waals surface area contributed by atoms with Gasteiger partial charge in [-0.25, -0.2) is 0 Å². The van der Waals surface area contributed by atoms with Crippen molar-refractivity contribution in [3.05, 3.63) is 74.8 Å². The van der Waals surface area contributed by atoms with Gasteiger partial charge in [0.05, 0.1) is 0 Å². The quantitative estimate of drug-likeness (QED) is 0.234. The Balaban J connectivity index is 0.000000338. The summed E-state index contributed by atoms with van der Waals surface area (Å²) in [4.78, 5) is 16.5. The number of nitrogens with one attached hydrogen (secondary N) is 1. The van der Waals surface area contributed by atoms with Gasteiger partial charge in [0.2, 0.25) is 0 Å². The average Bonchev–Trinajstić information content (AvgIpc) is 3.54. The fourth-order valence-corrected chi connectivity index (χ4v) is 6.17. The van der Waals surface area contributed by atoms with Crippen LogP contribution in [0, 0.1) is 11.8 Å². The van der Waals surface area contributed by atoms with Crippen molar-refractivity contribution in [3.63, 3.8) is 0 Å². The van der Waals surface area contributed by atoms with E-state index in [1.54, 1.807) is 10.9 Å². The number of aryl methyl sites for hydroxylation is 2. The van der Waals surface area contributed by atoms with Crippen LogP contribution < -0.4 is 5.56 Å². The van der Waals surface area contributed by atoms with Crippen LogP contribution in [0.1, 0.15) is 102 Å². The Morgan fingerprint density at radius 3 is 2.38 bits per heavy atom. The molecule has 39 heavy (non-hydrogen) atoms. The minimum atomic E-state index is -0.0381. The number of benzene rings is 1. The molecule has 1 N–H and O–H groups in total. The lowest BCUT2D eigenvalue weighted by atomic mass is 9.72. The van der Waals surface area contributed by atoms with Gasteiger partial charge in [0, 0.05) is 40.4 Å². The van der Waals surface area contributed by atoms with Gasteiger partial charge in [0.25, 0.3) is 5.56 Å². The van der Waals surface area contributed by atoms with Crippen LogP contribution in [0.3, 0.4) is 0 Å². The first-order valence-corrected chi connectivity index (χ1v) is 15.7. The van der Waals surface area contributed by atoms with Crippen LogP contribution in [0.2, 0.25) is 0 Å². The Hall–Kier alpha value is -2.67. The van der Waals surface area contributed by atoms with Gasteiger partial charge in [-0.3, -0.25) is 9.36 Å². The Bertz CT molecular complexity index is 1410. The van der Waals surface area contributed by atoms with E-state index in [0.717, 1.165) is 39.4 Å². The highest BCUT2D eigenvalue weighted by Crippen LogP contribution is 2.42. The minimum absolute atomic E-state index is 0.0381. The van der Waals surface area contributed by atoms with E-state index >= 15 is 0 Å². The number of H-pyrrole nitrogens is 1. The van der Waals surface area contributed by atoms with Gasteiger partial charge in [-0.05, 0) is 70.8 Å². The molecule has 1 unspecified atom stereocenters. The molecule has 7 heteroatoms. The Morgan fingerprint density at radius 2 is 1.85 bits per heavy atom. The Morgan fingerprint density at radius 1 is 1.10 bits per heavy atom. The number of halogens is 1. The summed E-state index contributed by atoms with van der Waals surface area (Å²) in [6.07, 6.45) is 15.6. The number of hydrogen-bond acceptors (Lipinski definition) is 3. The molecule has 1 aromatic carbocycles. The standard InChI is InChI=1S/C23H24BrN5O.C7H14.C2H6/c1-3-16-11-18-19(24)12-29(23(30)21(18)26-16)17-9-5-8-15(10-17)20(14-6-4-7-14)22-27-25-13-28(22)2;1-2-4-7-5-3-6-7;1-2/h5,8-14,20,26H,3-4,6-7H2,1-2H3;7H,2-6H2,1H3;1-2H3. The fourth-order valence-electron chi connectivity index (χ4n) is 5.65. The van der Waals surface area contributed by atoms with E-state index in [1.807, 2.05) is 49.9 Å². The SMILES string of the molecule is CC.CCCC1CCC1.CCc1cc2c(Br)cn(-c3cccc(C(c4nncn4C)C4CCC4)c3)c(=O)c2[nH]1. The van der Waals surface area contributed by atoms with Crippen LogP contribution in [0.5, 0.6) is 0 Å². The lowest BCUT2D eigenvalue weighted by molar-refractivity contribution is 0.274. The van der Waals surface area contributed by atoms with Crippen molar-refractivity contribution in [3.8, 4) is 5.69 Å². The third kappa shape index (κ3) is 6.40. The molecular weight excluding hydrogens is 550 g/mol. The van der Waals surface area contributed by atoms with Gasteiger partial charge in [-0.2, -0.15) is 0 Å². The second-order valence-electron chi connectivity index (χ2n) is 10.7. The molecule has 210 valence electrons. The highest BCUT2D eigenvalue weighted by molar-refractivity contribution is 9.10. The fraction of sp³-hybridized carbons (Fsp3) is 0.531. The van der Waals surface area contributed by atoms with Gasteiger partial charge in [0.15, 0.2) is 0 Å². The summed E-state index contributed by atoms with van der Waals surface area (Å²) in [6.45, 7) is 8.35. The molecule has 6 rings (SSSR count). The molecule has 0 bridgehead atoms. The van der Waals surface area contributed by atoms with Gasteiger partial charge in [-0.15, -0.1) is 10.2 Å². The van der Waals surface area contributed by atoms with Crippen LogP contribution in [-0.4, -0.2) is 24.3 Å². The second-order valence-corrected chi connectivity index (χ2v) is 11.6. The van der Waals surface area contributed by atoms with Crippen LogP contribution >= 0.6 is 15.9 Å². The van der Waals surface area contributed by atoms with Crippen LogP contribution in [-0.2, 0) is 13.5 Å². The number of hydrogen-bond donors (Lipinski definition) is 1. The van der Waals surface area contributed by atoms with Crippen molar-refractivity contribution in [2.45, 2.75) is 91.4 Å². The first-order chi connectivity index (χ1) is 19.0. The lowest BCUT2D eigenvalue weighted by Crippen LogP contribution is -2.24.